The van der Waals surface area contributed by atoms with Gasteiger partial charge in [0.05, 0.1) is 13.1 Å². The molecule has 0 heterocycles. The third-order valence-electron chi connectivity index (χ3n) is 2.55. The SMILES string of the molecule is CC[N+](CC)(c1ccccc1)S(=O)O. The van der Waals surface area contributed by atoms with Gasteiger partial charge in [-0.05, 0) is 13.8 Å². The lowest BCUT2D eigenvalue weighted by Crippen LogP contribution is -2.50. The van der Waals surface area contributed by atoms with Crippen molar-refractivity contribution in [1.29, 1.82) is 0 Å². The molecule has 3 nitrogen and oxygen atoms in total. The summed E-state index contributed by atoms with van der Waals surface area (Å²) in [5, 5.41) is 0. The average Bonchev–Trinajstić information content (AvgIpc) is 2.22. The number of para-hydroxylation sites is 1. The van der Waals surface area contributed by atoms with Crippen LogP contribution in [0.25, 0.3) is 0 Å². The topological polar surface area (TPSA) is 37.3 Å². The average molecular weight is 214 g/mol. The van der Waals surface area contributed by atoms with Crippen LogP contribution in [0.15, 0.2) is 30.3 Å². The van der Waals surface area contributed by atoms with Gasteiger partial charge >= 0.3 is 11.3 Å². The van der Waals surface area contributed by atoms with Crippen molar-refractivity contribution in [1.82, 2.24) is 3.89 Å². The predicted molar refractivity (Wildman–Crippen MR) is 60.1 cm³/mol. The lowest BCUT2D eigenvalue weighted by Gasteiger charge is -2.30. The quantitative estimate of drug-likeness (QED) is 0.616. The van der Waals surface area contributed by atoms with Gasteiger partial charge in [-0.25, -0.2) is 0 Å². The lowest BCUT2D eigenvalue weighted by molar-refractivity contribution is 0.418. The van der Waals surface area contributed by atoms with Crippen molar-refractivity contribution in [2.45, 2.75) is 13.8 Å². The first-order valence-corrected chi connectivity index (χ1v) is 5.78. The Bertz CT molecular complexity index is 309. The van der Waals surface area contributed by atoms with E-state index >= 15 is 0 Å². The molecule has 0 fully saturated rings. The molecule has 1 unspecified atom stereocenters. The second kappa shape index (κ2) is 4.68. The van der Waals surface area contributed by atoms with Crippen molar-refractivity contribution < 1.29 is 8.76 Å². The van der Waals surface area contributed by atoms with Crippen molar-refractivity contribution in [2.75, 3.05) is 13.1 Å². The monoisotopic (exact) mass is 214 g/mol. The van der Waals surface area contributed by atoms with E-state index in [1.54, 1.807) is 0 Å². The summed E-state index contributed by atoms with van der Waals surface area (Å²) in [6, 6.07) is 9.47. The van der Waals surface area contributed by atoms with Crippen molar-refractivity contribution in [3.8, 4) is 0 Å². The Hall–Kier alpha value is -0.710. The van der Waals surface area contributed by atoms with Gasteiger partial charge in [0.25, 0.3) is 0 Å². The van der Waals surface area contributed by atoms with Crippen LogP contribution in [-0.2, 0) is 11.3 Å². The molecule has 0 saturated heterocycles. The molecule has 1 N–H and O–H groups in total. The van der Waals surface area contributed by atoms with Crippen LogP contribution < -0.4 is 3.89 Å². The molecule has 0 spiro atoms. The van der Waals surface area contributed by atoms with Gasteiger partial charge in [0.15, 0.2) is 0 Å². The number of nitrogens with zero attached hydrogens (tertiary/aromatic N) is 1. The van der Waals surface area contributed by atoms with Crippen molar-refractivity contribution >= 4 is 17.0 Å². The van der Waals surface area contributed by atoms with Crippen LogP contribution >= 0.6 is 0 Å². The number of hydrogen-bond donors (Lipinski definition) is 1. The van der Waals surface area contributed by atoms with Gasteiger partial charge in [-0.15, -0.1) is 0 Å². The Labute approximate surface area is 87.4 Å². The molecule has 1 atom stereocenters. The third kappa shape index (κ3) is 1.87. The molecule has 1 aromatic carbocycles. The zero-order valence-corrected chi connectivity index (χ0v) is 9.33. The van der Waals surface area contributed by atoms with Gasteiger partial charge in [0.2, 0.25) is 0 Å². The molecular formula is C10H16NO2S+. The van der Waals surface area contributed by atoms with E-state index in [9.17, 15) is 8.76 Å². The highest BCUT2D eigenvalue weighted by Gasteiger charge is 2.33. The molecule has 0 aliphatic carbocycles. The Morgan fingerprint density at radius 1 is 1.21 bits per heavy atom. The van der Waals surface area contributed by atoms with Crippen LogP contribution in [0.5, 0.6) is 0 Å². The molecule has 0 aliphatic rings. The highest BCUT2D eigenvalue weighted by atomic mass is 32.2. The minimum absolute atomic E-state index is 0.112. The second-order valence-electron chi connectivity index (χ2n) is 3.09. The summed E-state index contributed by atoms with van der Waals surface area (Å²) in [4.78, 5) is 0. The maximum Gasteiger partial charge on any atom is 0.363 e. The van der Waals surface area contributed by atoms with Gasteiger partial charge in [0.1, 0.15) is 5.69 Å². The number of hydrogen-bond acceptors (Lipinski definition) is 1. The molecule has 0 aliphatic heterocycles. The van der Waals surface area contributed by atoms with Gasteiger partial charge in [-0.1, -0.05) is 18.2 Å². The predicted octanol–water partition coefficient (Wildman–Crippen LogP) is 2.17. The van der Waals surface area contributed by atoms with Crippen LogP contribution in [0.2, 0.25) is 0 Å². The largest absolute Gasteiger partial charge is 0.363 e. The summed E-state index contributed by atoms with van der Waals surface area (Å²) in [5.74, 6) is 0. The first-order valence-electron chi connectivity index (χ1n) is 4.71. The molecule has 1 rings (SSSR count). The van der Waals surface area contributed by atoms with Gasteiger partial charge in [0, 0.05) is 12.1 Å². The summed E-state index contributed by atoms with van der Waals surface area (Å²) >= 11 is -1.88. The molecule has 0 bridgehead atoms. The zero-order valence-electron chi connectivity index (χ0n) is 8.51. The first kappa shape index (κ1) is 11.4. The van der Waals surface area contributed by atoms with Crippen LogP contribution in [0.1, 0.15) is 13.8 Å². The third-order valence-corrected chi connectivity index (χ3v) is 3.87. The highest BCUT2D eigenvalue weighted by Crippen LogP contribution is 2.23. The van der Waals surface area contributed by atoms with Gasteiger partial charge in [-0.3, -0.25) is 4.55 Å². The van der Waals surface area contributed by atoms with E-state index in [1.165, 1.54) is 0 Å². The van der Waals surface area contributed by atoms with Crippen LogP contribution in [0.4, 0.5) is 5.69 Å². The van der Waals surface area contributed by atoms with E-state index in [4.69, 9.17) is 0 Å². The maximum absolute atomic E-state index is 11.4. The molecule has 0 amide bonds. The molecule has 0 radical (unpaired) electrons. The molecule has 0 saturated carbocycles. The Morgan fingerprint density at radius 2 is 1.71 bits per heavy atom. The zero-order chi connectivity index (χ0) is 10.6. The van der Waals surface area contributed by atoms with Crippen LogP contribution in [0, 0.1) is 0 Å². The van der Waals surface area contributed by atoms with Crippen LogP contribution in [-0.4, -0.2) is 21.9 Å². The summed E-state index contributed by atoms with van der Waals surface area (Å²) in [6.07, 6.45) is 0. The summed E-state index contributed by atoms with van der Waals surface area (Å²) in [7, 11) is 0. The number of rotatable bonds is 4. The molecule has 4 heteroatoms. The fourth-order valence-electron chi connectivity index (χ4n) is 1.60. The van der Waals surface area contributed by atoms with Crippen molar-refractivity contribution in [3.05, 3.63) is 30.3 Å². The normalized spacial score (nSPS) is 13.9. The molecular weight excluding hydrogens is 198 g/mol. The molecule has 1 aromatic rings. The van der Waals surface area contributed by atoms with E-state index in [0.717, 1.165) is 5.69 Å². The Morgan fingerprint density at radius 3 is 2.07 bits per heavy atom. The lowest BCUT2D eigenvalue weighted by atomic mass is 10.3. The first-order chi connectivity index (χ1) is 6.67. The fourth-order valence-corrected chi connectivity index (χ4v) is 2.34. The van der Waals surface area contributed by atoms with E-state index < -0.39 is 11.3 Å². The van der Waals surface area contributed by atoms with Crippen LogP contribution in [0.3, 0.4) is 0 Å². The molecule has 78 valence electrons. The summed E-state index contributed by atoms with van der Waals surface area (Å²) < 4.78 is 20.8. The number of benzene rings is 1. The number of quaternary nitrogens is 1. The van der Waals surface area contributed by atoms with Crippen molar-refractivity contribution in [2.24, 2.45) is 0 Å². The van der Waals surface area contributed by atoms with Gasteiger partial charge < -0.3 is 0 Å². The smallest absolute Gasteiger partial charge is 0.260 e. The van der Waals surface area contributed by atoms with Gasteiger partial charge in [-0.2, -0.15) is 8.10 Å². The highest BCUT2D eigenvalue weighted by molar-refractivity contribution is 7.78. The van der Waals surface area contributed by atoms with E-state index in [2.05, 4.69) is 0 Å². The molecule has 14 heavy (non-hydrogen) atoms. The summed E-state index contributed by atoms with van der Waals surface area (Å²) in [6.45, 7) is 5.07. The fraction of sp³-hybridized carbons (Fsp3) is 0.400. The molecule has 0 aromatic heterocycles. The minimum atomic E-state index is -1.88. The second-order valence-corrected chi connectivity index (χ2v) is 4.25. The van der Waals surface area contributed by atoms with E-state index in [-0.39, 0.29) is 3.89 Å². The Kier molecular flexibility index (Phi) is 3.80. The Balaban J connectivity index is 3.18. The summed E-state index contributed by atoms with van der Waals surface area (Å²) in [5.41, 5.74) is 0.887. The van der Waals surface area contributed by atoms with E-state index in [1.807, 2.05) is 44.2 Å². The standard InChI is InChI=1S/C10H15NO2S/c1-3-11(4-2,14(12)13)10-8-6-5-7-9-10/h5-9H,3-4H2,1-2H3/p+1. The van der Waals surface area contributed by atoms with E-state index in [0.29, 0.717) is 13.1 Å². The minimum Gasteiger partial charge on any atom is -0.260 e. The maximum atomic E-state index is 11.4. The van der Waals surface area contributed by atoms with Crippen molar-refractivity contribution in [3.63, 3.8) is 0 Å².